The molecule has 2 aromatic carbocycles. The van der Waals surface area contributed by atoms with Crippen LogP contribution in [-0.2, 0) is 20.8 Å². The van der Waals surface area contributed by atoms with Gasteiger partial charge in [0, 0.05) is 17.2 Å². The zero-order chi connectivity index (χ0) is 21.3. The SMILES string of the molecule is CCO/N=C/c1ccc(NC(=O)c2ccc3c(c2)CC(CC(=O)OCC)CO3)cc1. The molecule has 0 fully saturated rings. The first-order valence-electron chi connectivity index (χ1n) is 10.1. The van der Waals surface area contributed by atoms with Crippen molar-refractivity contribution in [3.05, 3.63) is 59.2 Å². The fourth-order valence-electron chi connectivity index (χ4n) is 3.21. The van der Waals surface area contributed by atoms with Crippen LogP contribution < -0.4 is 10.1 Å². The third-order valence-electron chi connectivity index (χ3n) is 4.64. The van der Waals surface area contributed by atoms with E-state index in [1.807, 2.05) is 37.3 Å². The van der Waals surface area contributed by atoms with E-state index < -0.39 is 0 Å². The molecule has 0 saturated heterocycles. The summed E-state index contributed by atoms with van der Waals surface area (Å²) in [5.41, 5.74) is 3.02. The lowest BCUT2D eigenvalue weighted by Crippen LogP contribution is -2.25. The molecule has 30 heavy (non-hydrogen) atoms. The number of hydrogen-bond acceptors (Lipinski definition) is 6. The van der Waals surface area contributed by atoms with Gasteiger partial charge < -0.3 is 19.6 Å². The molecule has 7 nitrogen and oxygen atoms in total. The molecule has 158 valence electrons. The lowest BCUT2D eigenvalue weighted by atomic mass is 9.93. The van der Waals surface area contributed by atoms with Crippen LogP contribution in [0.2, 0.25) is 0 Å². The number of anilines is 1. The number of esters is 1. The first kappa shape index (κ1) is 21.4. The number of fused-ring (bicyclic) bond motifs is 1. The zero-order valence-electron chi connectivity index (χ0n) is 17.2. The van der Waals surface area contributed by atoms with Crippen molar-refractivity contribution in [1.29, 1.82) is 0 Å². The molecule has 1 amide bonds. The number of hydrogen-bond donors (Lipinski definition) is 1. The molecular weight excluding hydrogens is 384 g/mol. The van der Waals surface area contributed by atoms with Crippen LogP contribution in [0.3, 0.4) is 0 Å². The molecule has 1 unspecified atom stereocenters. The smallest absolute Gasteiger partial charge is 0.306 e. The quantitative estimate of drug-likeness (QED) is 0.406. The van der Waals surface area contributed by atoms with Crippen LogP contribution >= 0.6 is 0 Å². The van der Waals surface area contributed by atoms with Gasteiger partial charge in [-0.3, -0.25) is 9.59 Å². The highest BCUT2D eigenvalue weighted by atomic mass is 16.6. The Morgan fingerprint density at radius 2 is 1.97 bits per heavy atom. The Bertz CT molecular complexity index is 908. The van der Waals surface area contributed by atoms with Crippen molar-refractivity contribution in [2.75, 3.05) is 25.1 Å². The molecule has 0 saturated carbocycles. The van der Waals surface area contributed by atoms with E-state index in [0.717, 1.165) is 16.9 Å². The fourth-order valence-corrected chi connectivity index (χ4v) is 3.21. The Labute approximate surface area is 176 Å². The number of rotatable bonds is 8. The van der Waals surface area contributed by atoms with Gasteiger partial charge in [-0.15, -0.1) is 0 Å². The number of ether oxygens (including phenoxy) is 2. The van der Waals surface area contributed by atoms with Gasteiger partial charge in [-0.2, -0.15) is 0 Å². The first-order valence-corrected chi connectivity index (χ1v) is 10.1. The van der Waals surface area contributed by atoms with Crippen molar-refractivity contribution in [3.8, 4) is 5.75 Å². The Kier molecular flexibility index (Phi) is 7.43. The zero-order valence-corrected chi connectivity index (χ0v) is 17.2. The molecule has 0 bridgehead atoms. The van der Waals surface area contributed by atoms with Gasteiger partial charge in [0.15, 0.2) is 0 Å². The number of nitrogens with one attached hydrogen (secondary N) is 1. The molecule has 2 aromatic rings. The van der Waals surface area contributed by atoms with E-state index in [4.69, 9.17) is 14.3 Å². The maximum atomic E-state index is 12.7. The molecule has 7 heteroatoms. The van der Waals surface area contributed by atoms with Gasteiger partial charge in [-0.25, -0.2) is 0 Å². The number of carbonyl (C=O) groups excluding carboxylic acids is 2. The third kappa shape index (κ3) is 5.83. The molecule has 1 atom stereocenters. The van der Waals surface area contributed by atoms with Crippen molar-refractivity contribution in [2.24, 2.45) is 11.1 Å². The molecule has 0 radical (unpaired) electrons. The minimum Gasteiger partial charge on any atom is -0.493 e. The van der Waals surface area contributed by atoms with E-state index in [-0.39, 0.29) is 17.8 Å². The minimum absolute atomic E-state index is 0.0424. The predicted molar refractivity (Wildman–Crippen MR) is 114 cm³/mol. The molecule has 1 heterocycles. The summed E-state index contributed by atoms with van der Waals surface area (Å²) in [6.07, 6.45) is 2.59. The monoisotopic (exact) mass is 410 g/mol. The van der Waals surface area contributed by atoms with Gasteiger partial charge in [-0.1, -0.05) is 17.3 Å². The van der Waals surface area contributed by atoms with E-state index in [9.17, 15) is 9.59 Å². The summed E-state index contributed by atoms with van der Waals surface area (Å²) >= 11 is 0. The summed E-state index contributed by atoms with van der Waals surface area (Å²) in [5, 5.41) is 6.71. The molecular formula is C23H26N2O5. The highest BCUT2D eigenvalue weighted by Gasteiger charge is 2.24. The second-order valence-electron chi connectivity index (χ2n) is 6.94. The van der Waals surface area contributed by atoms with E-state index in [1.54, 1.807) is 25.3 Å². The van der Waals surface area contributed by atoms with Crippen LogP contribution in [0.1, 0.15) is 41.8 Å². The standard InChI is InChI=1S/C23H26N2O5/c1-3-28-22(26)12-17-11-19-13-18(7-10-21(19)29-15-17)23(27)25-20-8-5-16(6-9-20)14-24-30-4-2/h5-10,13-14,17H,3-4,11-12,15H2,1-2H3,(H,25,27)/b24-14+. The van der Waals surface area contributed by atoms with Crippen molar-refractivity contribution >= 4 is 23.8 Å². The summed E-state index contributed by atoms with van der Waals surface area (Å²) in [6, 6.07) is 12.7. The van der Waals surface area contributed by atoms with Crippen molar-refractivity contribution < 1.29 is 23.9 Å². The van der Waals surface area contributed by atoms with E-state index >= 15 is 0 Å². The van der Waals surface area contributed by atoms with Crippen molar-refractivity contribution in [3.63, 3.8) is 0 Å². The first-order chi connectivity index (χ1) is 14.6. The van der Waals surface area contributed by atoms with Gasteiger partial charge in [0.2, 0.25) is 0 Å². The van der Waals surface area contributed by atoms with E-state index in [1.165, 1.54) is 0 Å². The average molecular weight is 410 g/mol. The van der Waals surface area contributed by atoms with Gasteiger partial charge >= 0.3 is 5.97 Å². The Morgan fingerprint density at radius 1 is 1.17 bits per heavy atom. The third-order valence-corrected chi connectivity index (χ3v) is 4.64. The molecule has 1 N–H and O–H groups in total. The van der Waals surface area contributed by atoms with Crippen molar-refractivity contribution in [1.82, 2.24) is 0 Å². The summed E-state index contributed by atoms with van der Waals surface area (Å²) < 4.78 is 10.8. The topological polar surface area (TPSA) is 86.2 Å². The van der Waals surface area contributed by atoms with E-state index in [2.05, 4.69) is 10.5 Å². The molecule has 3 rings (SSSR count). The Balaban J connectivity index is 1.63. The Hall–Kier alpha value is -3.35. The lowest BCUT2D eigenvalue weighted by molar-refractivity contribution is -0.144. The Morgan fingerprint density at radius 3 is 2.70 bits per heavy atom. The van der Waals surface area contributed by atoms with Crippen LogP contribution in [0, 0.1) is 5.92 Å². The highest BCUT2D eigenvalue weighted by Crippen LogP contribution is 2.30. The number of nitrogens with zero attached hydrogens (tertiary/aromatic N) is 1. The van der Waals surface area contributed by atoms with Crippen LogP contribution in [-0.4, -0.2) is 37.9 Å². The van der Waals surface area contributed by atoms with Crippen LogP contribution in [0.25, 0.3) is 0 Å². The number of carbonyl (C=O) groups is 2. The van der Waals surface area contributed by atoms with Crippen LogP contribution in [0.5, 0.6) is 5.75 Å². The second kappa shape index (κ2) is 10.4. The highest BCUT2D eigenvalue weighted by molar-refractivity contribution is 6.04. The minimum atomic E-state index is -0.224. The van der Waals surface area contributed by atoms with Gasteiger partial charge in [0.05, 0.1) is 25.8 Å². The summed E-state index contributed by atoms with van der Waals surface area (Å²) in [7, 11) is 0. The summed E-state index contributed by atoms with van der Waals surface area (Å²) in [5.74, 6) is 0.365. The predicted octanol–water partition coefficient (Wildman–Crippen LogP) is 3.81. The summed E-state index contributed by atoms with van der Waals surface area (Å²) in [4.78, 5) is 29.4. The maximum Gasteiger partial charge on any atom is 0.306 e. The van der Waals surface area contributed by atoms with Crippen molar-refractivity contribution in [2.45, 2.75) is 26.7 Å². The fraction of sp³-hybridized carbons (Fsp3) is 0.348. The molecule has 0 spiro atoms. The second-order valence-corrected chi connectivity index (χ2v) is 6.94. The van der Waals surface area contributed by atoms with Gasteiger partial charge in [-0.05, 0) is 61.7 Å². The van der Waals surface area contributed by atoms with Gasteiger partial charge in [0.1, 0.15) is 12.4 Å². The molecule has 0 aliphatic carbocycles. The van der Waals surface area contributed by atoms with Crippen LogP contribution in [0.15, 0.2) is 47.6 Å². The number of benzene rings is 2. The molecule has 0 aromatic heterocycles. The lowest BCUT2D eigenvalue weighted by Gasteiger charge is -2.25. The van der Waals surface area contributed by atoms with Gasteiger partial charge in [0.25, 0.3) is 5.91 Å². The average Bonchev–Trinajstić information content (AvgIpc) is 2.75. The molecule has 1 aliphatic heterocycles. The number of oxime groups is 1. The normalized spacial score (nSPS) is 15.2. The summed E-state index contributed by atoms with van der Waals surface area (Å²) in [6.45, 7) is 5.00. The maximum absolute atomic E-state index is 12.7. The number of amides is 1. The van der Waals surface area contributed by atoms with Crippen LogP contribution in [0.4, 0.5) is 5.69 Å². The molecule has 1 aliphatic rings. The largest absolute Gasteiger partial charge is 0.493 e. The van der Waals surface area contributed by atoms with E-state index in [0.29, 0.717) is 43.9 Å².